The second kappa shape index (κ2) is 8.07. The molecule has 0 saturated carbocycles. The molecule has 1 atom stereocenters. The zero-order valence-electron chi connectivity index (χ0n) is 14.0. The van der Waals surface area contributed by atoms with Gasteiger partial charge in [-0.05, 0) is 31.2 Å². The van der Waals surface area contributed by atoms with Crippen LogP contribution >= 0.6 is 11.8 Å². The Hall–Kier alpha value is -1.47. The van der Waals surface area contributed by atoms with Crippen LogP contribution in [0.5, 0.6) is 0 Å². The molecule has 1 aromatic rings. The molecule has 2 aliphatic heterocycles. The monoisotopic (exact) mass is 352 g/mol. The van der Waals surface area contributed by atoms with Crippen LogP contribution in [-0.4, -0.2) is 67.3 Å². The minimum atomic E-state index is -0.0825. The maximum Gasteiger partial charge on any atom is 0.289 e. The summed E-state index contributed by atoms with van der Waals surface area (Å²) in [5.74, 6) is 2.05. The van der Waals surface area contributed by atoms with Crippen molar-refractivity contribution in [2.45, 2.75) is 18.6 Å². The van der Waals surface area contributed by atoms with Crippen LogP contribution in [-0.2, 0) is 15.3 Å². The molecule has 3 rings (SSSR count). The molecule has 0 radical (unpaired) electrons. The number of carbonyl (C=O) groups is 2. The van der Waals surface area contributed by atoms with Crippen LogP contribution in [0.1, 0.15) is 29.2 Å². The predicted molar refractivity (Wildman–Crippen MR) is 92.0 cm³/mol. The molecule has 7 heteroatoms. The maximum absolute atomic E-state index is 12.6. The summed E-state index contributed by atoms with van der Waals surface area (Å²) in [7, 11) is 0. The predicted octanol–water partition coefficient (Wildman–Crippen LogP) is 1.85. The fourth-order valence-electron chi connectivity index (χ4n) is 3.20. The molecular formula is C17H24N2O4S. The van der Waals surface area contributed by atoms with E-state index in [1.165, 1.54) is 0 Å². The lowest BCUT2D eigenvalue weighted by Crippen LogP contribution is -2.40. The van der Waals surface area contributed by atoms with Gasteiger partial charge in [0, 0.05) is 32.8 Å². The third-order valence-electron chi connectivity index (χ3n) is 4.53. The molecule has 132 valence electrons. The Kier molecular flexibility index (Phi) is 5.84. The topological polar surface area (TPSA) is 63.0 Å². The number of hydrogen-bond acceptors (Lipinski definition) is 5. The Balaban J connectivity index is 1.57. The summed E-state index contributed by atoms with van der Waals surface area (Å²) in [5, 5.41) is 0. The van der Waals surface area contributed by atoms with E-state index in [9.17, 15) is 9.59 Å². The minimum Gasteiger partial charge on any atom is -0.455 e. The van der Waals surface area contributed by atoms with Crippen molar-refractivity contribution in [1.29, 1.82) is 0 Å². The minimum absolute atomic E-state index is 0.00794. The van der Waals surface area contributed by atoms with Crippen LogP contribution in [0.3, 0.4) is 0 Å². The second-order valence-corrected chi connectivity index (χ2v) is 7.10. The van der Waals surface area contributed by atoms with E-state index >= 15 is 0 Å². The lowest BCUT2D eigenvalue weighted by atomic mass is 10.1. The van der Waals surface area contributed by atoms with Gasteiger partial charge in [0.05, 0.1) is 18.3 Å². The van der Waals surface area contributed by atoms with Crippen molar-refractivity contribution in [3.05, 3.63) is 23.7 Å². The van der Waals surface area contributed by atoms with Crippen LogP contribution in [0.4, 0.5) is 0 Å². The van der Waals surface area contributed by atoms with Gasteiger partial charge in [0.2, 0.25) is 5.91 Å². The number of hydrogen-bond donors (Lipinski definition) is 0. The number of carbonyl (C=O) groups excluding carboxylic acids is 2. The molecule has 2 saturated heterocycles. The van der Waals surface area contributed by atoms with Gasteiger partial charge in [-0.1, -0.05) is 0 Å². The number of amides is 2. The molecule has 0 aliphatic carbocycles. The molecule has 0 bridgehead atoms. The Labute approximate surface area is 146 Å². The highest BCUT2D eigenvalue weighted by Gasteiger charge is 2.30. The summed E-state index contributed by atoms with van der Waals surface area (Å²) in [6, 6.07) is 3.61. The molecule has 0 spiro atoms. The van der Waals surface area contributed by atoms with Gasteiger partial charge < -0.3 is 19.0 Å². The van der Waals surface area contributed by atoms with Crippen LogP contribution in [0.2, 0.25) is 0 Å². The molecular weight excluding hydrogens is 328 g/mol. The average Bonchev–Trinajstić information content (AvgIpc) is 3.21. The van der Waals surface area contributed by atoms with E-state index in [4.69, 9.17) is 9.15 Å². The molecule has 1 unspecified atom stereocenters. The Bertz CT molecular complexity index is 583. The van der Waals surface area contributed by atoms with E-state index < -0.39 is 0 Å². The van der Waals surface area contributed by atoms with Crippen molar-refractivity contribution >= 4 is 23.6 Å². The number of ether oxygens (including phenoxy) is 1. The molecule has 1 aromatic heterocycles. The zero-order chi connectivity index (χ0) is 16.9. The van der Waals surface area contributed by atoms with Crippen molar-refractivity contribution < 1.29 is 18.7 Å². The van der Waals surface area contributed by atoms with E-state index in [0.29, 0.717) is 45.2 Å². The largest absolute Gasteiger partial charge is 0.455 e. The van der Waals surface area contributed by atoms with Crippen LogP contribution in [0, 0.1) is 5.92 Å². The average molecular weight is 352 g/mol. The fraction of sp³-hybridized carbons (Fsp3) is 0.647. The Morgan fingerprint density at radius 2 is 2.00 bits per heavy atom. The quantitative estimate of drug-likeness (QED) is 0.828. The van der Waals surface area contributed by atoms with Gasteiger partial charge in [-0.15, -0.1) is 0 Å². The van der Waals surface area contributed by atoms with Gasteiger partial charge in [-0.3, -0.25) is 9.59 Å². The van der Waals surface area contributed by atoms with E-state index in [1.54, 1.807) is 22.7 Å². The van der Waals surface area contributed by atoms with Crippen molar-refractivity contribution in [1.82, 2.24) is 9.80 Å². The number of furan rings is 1. The molecule has 24 heavy (non-hydrogen) atoms. The summed E-state index contributed by atoms with van der Waals surface area (Å²) in [5.41, 5.74) is 0. The SMILES string of the molecule is CSCc1ccc(C(=O)N2CCCN(C(=O)C3CCOC3)CC2)o1. The highest BCUT2D eigenvalue weighted by molar-refractivity contribution is 7.97. The molecule has 0 N–H and O–H groups in total. The Morgan fingerprint density at radius 3 is 2.75 bits per heavy atom. The van der Waals surface area contributed by atoms with Crippen molar-refractivity contribution in [3.63, 3.8) is 0 Å². The summed E-state index contributed by atoms with van der Waals surface area (Å²) < 4.78 is 10.9. The highest BCUT2D eigenvalue weighted by Crippen LogP contribution is 2.19. The maximum atomic E-state index is 12.6. The lowest BCUT2D eigenvalue weighted by molar-refractivity contribution is -0.135. The molecule has 2 amide bonds. The van der Waals surface area contributed by atoms with E-state index in [-0.39, 0.29) is 17.7 Å². The first-order chi connectivity index (χ1) is 11.7. The molecule has 0 aromatic carbocycles. The number of rotatable bonds is 4. The molecule has 2 fully saturated rings. The van der Waals surface area contributed by atoms with Crippen LogP contribution < -0.4 is 0 Å². The van der Waals surface area contributed by atoms with E-state index in [2.05, 4.69) is 0 Å². The first-order valence-corrected chi connectivity index (χ1v) is 9.82. The Morgan fingerprint density at radius 1 is 1.21 bits per heavy atom. The first-order valence-electron chi connectivity index (χ1n) is 8.42. The molecule has 6 nitrogen and oxygen atoms in total. The molecule has 3 heterocycles. The number of thioether (sulfide) groups is 1. The van der Waals surface area contributed by atoms with Gasteiger partial charge in [0.25, 0.3) is 5.91 Å². The third-order valence-corrected chi connectivity index (χ3v) is 5.11. The van der Waals surface area contributed by atoms with Gasteiger partial charge in [-0.25, -0.2) is 0 Å². The van der Waals surface area contributed by atoms with Crippen LogP contribution in [0.25, 0.3) is 0 Å². The highest BCUT2D eigenvalue weighted by atomic mass is 32.2. The third kappa shape index (κ3) is 3.95. The van der Waals surface area contributed by atoms with Gasteiger partial charge in [-0.2, -0.15) is 11.8 Å². The van der Waals surface area contributed by atoms with Gasteiger partial charge in [0.15, 0.2) is 5.76 Å². The summed E-state index contributed by atoms with van der Waals surface area (Å²) in [6.07, 6.45) is 3.60. The smallest absolute Gasteiger partial charge is 0.289 e. The summed E-state index contributed by atoms with van der Waals surface area (Å²) in [4.78, 5) is 28.8. The second-order valence-electron chi connectivity index (χ2n) is 6.23. The van der Waals surface area contributed by atoms with Crippen LogP contribution in [0.15, 0.2) is 16.5 Å². The van der Waals surface area contributed by atoms with E-state index in [0.717, 1.165) is 24.4 Å². The zero-order valence-corrected chi connectivity index (χ0v) is 14.8. The summed E-state index contributed by atoms with van der Waals surface area (Å²) in [6.45, 7) is 3.70. The lowest BCUT2D eigenvalue weighted by Gasteiger charge is -2.23. The first kappa shape index (κ1) is 17.4. The normalized spacial score (nSPS) is 21.8. The fourth-order valence-corrected chi connectivity index (χ4v) is 3.64. The summed E-state index contributed by atoms with van der Waals surface area (Å²) >= 11 is 1.66. The van der Waals surface area contributed by atoms with Gasteiger partial charge >= 0.3 is 0 Å². The van der Waals surface area contributed by atoms with Crippen molar-refractivity contribution in [2.75, 3.05) is 45.6 Å². The number of nitrogens with zero attached hydrogens (tertiary/aromatic N) is 2. The molecule has 2 aliphatic rings. The van der Waals surface area contributed by atoms with Gasteiger partial charge in [0.1, 0.15) is 5.76 Å². The van der Waals surface area contributed by atoms with Crippen molar-refractivity contribution in [2.24, 2.45) is 5.92 Å². The standard InChI is InChI=1S/C17H24N2O4S/c1-24-12-14-3-4-15(23-14)17(21)19-7-2-6-18(8-9-19)16(20)13-5-10-22-11-13/h3-4,13H,2,5-12H2,1H3. The van der Waals surface area contributed by atoms with Crippen molar-refractivity contribution in [3.8, 4) is 0 Å². The van der Waals surface area contributed by atoms with E-state index in [1.807, 2.05) is 17.2 Å².